The van der Waals surface area contributed by atoms with Gasteiger partial charge in [-0.25, -0.2) is 0 Å². The average Bonchev–Trinajstić information content (AvgIpc) is 2.74. The van der Waals surface area contributed by atoms with Gasteiger partial charge in [-0.2, -0.15) is 0 Å². The number of methoxy groups -OCH3 is 1. The predicted octanol–water partition coefficient (Wildman–Crippen LogP) is 3.80. The van der Waals surface area contributed by atoms with Gasteiger partial charge < -0.3 is 9.84 Å². The Morgan fingerprint density at radius 3 is 2.82 bits per heavy atom. The van der Waals surface area contributed by atoms with Gasteiger partial charge in [-0.15, -0.1) is 11.3 Å². The topological polar surface area (TPSA) is 29.5 Å². The minimum absolute atomic E-state index is 0.531. The monoisotopic (exact) mass is 312 g/mol. The Labute approximate surface area is 113 Å². The maximum Gasteiger partial charge on any atom is 0.124 e. The van der Waals surface area contributed by atoms with Crippen molar-refractivity contribution in [1.82, 2.24) is 0 Å². The lowest BCUT2D eigenvalue weighted by Gasteiger charge is -2.13. The highest BCUT2D eigenvalue weighted by molar-refractivity contribution is 9.10. The summed E-state index contributed by atoms with van der Waals surface area (Å²) in [5.41, 5.74) is 0.833. The number of aliphatic hydroxyl groups is 1. The van der Waals surface area contributed by atoms with Crippen molar-refractivity contribution in [3.8, 4) is 5.75 Å². The highest BCUT2D eigenvalue weighted by Gasteiger charge is 2.14. The highest BCUT2D eigenvalue weighted by atomic mass is 79.9. The Hall–Kier alpha value is -0.840. The van der Waals surface area contributed by atoms with Crippen molar-refractivity contribution in [2.24, 2.45) is 0 Å². The molecular formula is C13H13BrO2S. The molecule has 17 heavy (non-hydrogen) atoms. The van der Waals surface area contributed by atoms with Gasteiger partial charge in [0.05, 0.1) is 13.2 Å². The van der Waals surface area contributed by atoms with E-state index >= 15 is 0 Å². The lowest BCUT2D eigenvalue weighted by molar-refractivity contribution is 0.175. The normalized spacial score (nSPS) is 12.4. The molecule has 0 fully saturated rings. The van der Waals surface area contributed by atoms with Crippen molar-refractivity contribution in [2.45, 2.75) is 12.5 Å². The third-order valence-corrected chi connectivity index (χ3v) is 4.23. The first-order valence-corrected chi connectivity index (χ1v) is 6.92. The van der Waals surface area contributed by atoms with E-state index in [4.69, 9.17) is 4.74 Å². The number of ether oxygens (including phenoxy) is 1. The van der Waals surface area contributed by atoms with Crippen LogP contribution in [0.4, 0.5) is 0 Å². The third kappa shape index (κ3) is 3.09. The van der Waals surface area contributed by atoms with Gasteiger partial charge in [0.25, 0.3) is 0 Å². The van der Waals surface area contributed by atoms with Gasteiger partial charge >= 0.3 is 0 Å². The molecule has 1 aromatic carbocycles. The number of rotatable bonds is 4. The number of hydrogen-bond donors (Lipinski definition) is 1. The summed E-state index contributed by atoms with van der Waals surface area (Å²) in [6.07, 6.45) is 0.0769. The fraction of sp³-hybridized carbons (Fsp3) is 0.231. The lowest BCUT2D eigenvalue weighted by atomic mass is 10.0. The molecule has 2 aromatic rings. The molecule has 1 aromatic heterocycles. The van der Waals surface area contributed by atoms with E-state index in [-0.39, 0.29) is 0 Å². The zero-order valence-electron chi connectivity index (χ0n) is 9.39. The van der Waals surface area contributed by atoms with E-state index in [0.717, 1.165) is 20.7 Å². The van der Waals surface area contributed by atoms with Crippen LogP contribution in [-0.4, -0.2) is 12.2 Å². The largest absolute Gasteiger partial charge is 0.496 e. The van der Waals surface area contributed by atoms with Crippen molar-refractivity contribution in [3.05, 3.63) is 50.6 Å². The molecule has 0 spiro atoms. The van der Waals surface area contributed by atoms with Gasteiger partial charge in [0.15, 0.2) is 0 Å². The molecule has 2 nitrogen and oxygen atoms in total. The molecule has 0 aliphatic carbocycles. The molecule has 0 amide bonds. The predicted molar refractivity (Wildman–Crippen MR) is 73.7 cm³/mol. The fourth-order valence-electron chi connectivity index (χ4n) is 1.70. The van der Waals surface area contributed by atoms with Crippen LogP contribution in [0.15, 0.2) is 40.2 Å². The minimum Gasteiger partial charge on any atom is -0.496 e. The van der Waals surface area contributed by atoms with Gasteiger partial charge in [-0.3, -0.25) is 0 Å². The van der Waals surface area contributed by atoms with Crippen LogP contribution in [0.5, 0.6) is 5.75 Å². The van der Waals surface area contributed by atoms with E-state index in [0.29, 0.717) is 6.42 Å². The Kier molecular flexibility index (Phi) is 4.20. The molecule has 1 atom stereocenters. The van der Waals surface area contributed by atoms with E-state index in [1.165, 1.54) is 0 Å². The Morgan fingerprint density at radius 2 is 2.18 bits per heavy atom. The molecule has 0 saturated carbocycles. The van der Waals surface area contributed by atoms with E-state index in [1.54, 1.807) is 18.4 Å². The van der Waals surface area contributed by atoms with Crippen LogP contribution < -0.4 is 4.74 Å². The van der Waals surface area contributed by atoms with Crippen molar-refractivity contribution < 1.29 is 9.84 Å². The zero-order chi connectivity index (χ0) is 12.3. The van der Waals surface area contributed by atoms with E-state index in [1.807, 2.05) is 35.7 Å². The van der Waals surface area contributed by atoms with Gasteiger partial charge in [-0.1, -0.05) is 18.2 Å². The molecule has 0 aliphatic rings. The molecule has 1 heterocycles. The second-order valence-electron chi connectivity index (χ2n) is 3.69. The molecular weight excluding hydrogens is 300 g/mol. The Balaban J connectivity index is 2.16. The zero-order valence-corrected chi connectivity index (χ0v) is 11.8. The quantitative estimate of drug-likeness (QED) is 0.930. The molecule has 0 aliphatic heterocycles. The van der Waals surface area contributed by atoms with Crippen molar-refractivity contribution in [2.75, 3.05) is 7.11 Å². The summed E-state index contributed by atoms with van der Waals surface area (Å²) in [6, 6.07) is 9.60. The van der Waals surface area contributed by atoms with Crippen molar-refractivity contribution in [3.63, 3.8) is 0 Å². The maximum absolute atomic E-state index is 10.2. The number of halogens is 1. The second kappa shape index (κ2) is 5.67. The highest BCUT2D eigenvalue weighted by Crippen LogP contribution is 2.29. The summed E-state index contributed by atoms with van der Waals surface area (Å²) < 4.78 is 6.30. The lowest BCUT2D eigenvalue weighted by Crippen LogP contribution is -2.02. The number of para-hydroxylation sites is 1. The van der Waals surface area contributed by atoms with Crippen LogP contribution in [-0.2, 0) is 6.42 Å². The average molecular weight is 313 g/mol. The van der Waals surface area contributed by atoms with Gasteiger partial charge in [0.2, 0.25) is 0 Å². The van der Waals surface area contributed by atoms with E-state index < -0.39 is 6.10 Å². The van der Waals surface area contributed by atoms with Crippen LogP contribution in [0, 0.1) is 0 Å². The van der Waals surface area contributed by atoms with E-state index in [9.17, 15) is 5.11 Å². The third-order valence-electron chi connectivity index (χ3n) is 2.51. The molecule has 2 rings (SSSR count). The molecule has 1 unspecified atom stereocenters. The Bertz CT molecular complexity index is 496. The van der Waals surface area contributed by atoms with Crippen LogP contribution in [0.25, 0.3) is 0 Å². The van der Waals surface area contributed by atoms with Crippen LogP contribution in [0.1, 0.15) is 16.5 Å². The van der Waals surface area contributed by atoms with Crippen molar-refractivity contribution >= 4 is 27.3 Å². The van der Waals surface area contributed by atoms with Gasteiger partial charge in [0, 0.05) is 26.7 Å². The number of hydrogen-bond acceptors (Lipinski definition) is 3. The van der Waals surface area contributed by atoms with E-state index in [2.05, 4.69) is 15.9 Å². The van der Waals surface area contributed by atoms with Crippen LogP contribution >= 0.6 is 27.3 Å². The van der Waals surface area contributed by atoms with Gasteiger partial charge in [-0.05, 0) is 28.1 Å². The number of thiophene rings is 1. The molecule has 0 saturated heterocycles. The summed E-state index contributed by atoms with van der Waals surface area (Å²) in [5.74, 6) is 0.732. The number of aliphatic hydroxyl groups excluding tert-OH is 1. The van der Waals surface area contributed by atoms with Crippen LogP contribution in [0.2, 0.25) is 0 Å². The first kappa shape index (κ1) is 12.6. The smallest absolute Gasteiger partial charge is 0.124 e. The summed E-state index contributed by atoms with van der Waals surface area (Å²) in [5, 5.41) is 12.2. The summed E-state index contributed by atoms with van der Waals surface area (Å²) in [4.78, 5) is 1.15. The fourth-order valence-corrected chi connectivity index (χ4v) is 3.19. The van der Waals surface area contributed by atoms with Crippen LogP contribution in [0.3, 0.4) is 0 Å². The standard InChI is InChI=1S/C13H13BrO2S/c1-16-13-5-3-2-4-11(13)12(15)7-10-6-9(14)8-17-10/h2-6,8,12,15H,7H2,1H3. The van der Waals surface area contributed by atoms with Gasteiger partial charge in [0.1, 0.15) is 5.75 Å². The molecule has 0 bridgehead atoms. The molecule has 90 valence electrons. The summed E-state index contributed by atoms with van der Waals surface area (Å²) >= 11 is 5.05. The number of benzene rings is 1. The summed E-state index contributed by atoms with van der Waals surface area (Å²) in [7, 11) is 1.62. The SMILES string of the molecule is COc1ccccc1C(O)Cc1cc(Br)cs1. The first-order valence-electron chi connectivity index (χ1n) is 5.24. The second-order valence-corrected chi connectivity index (χ2v) is 5.60. The first-order chi connectivity index (χ1) is 8.20. The minimum atomic E-state index is -0.531. The summed E-state index contributed by atoms with van der Waals surface area (Å²) in [6.45, 7) is 0. The molecule has 0 radical (unpaired) electrons. The maximum atomic E-state index is 10.2. The Morgan fingerprint density at radius 1 is 1.41 bits per heavy atom. The molecule has 1 N–H and O–H groups in total. The van der Waals surface area contributed by atoms with Crippen molar-refractivity contribution in [1.29, 1.82) is 0 Å². The molecule has 4 heteroatoms.